The number of hydrogen-bond donors (Lipinski definition) is 3. The molecule has 6 heteroatoms. The number of nitriles is 1. The van der Waals surface area contributed by atoms with E-state index in [1.165, 1.54) is 0 Å². The topological polar surface area (TPSA) is 92.3 Å². The second-order valence-electron chi connectivity index (χ2n) is 7.07. The molecule has 4 atom stereocenters. The van der Waals surface area contributed by atoms with Gasteiger partial charge in [-0.1, -0.05) is 43.7 Å². The highest BCUT2D eigenvalue weighted by molar-refractivity contribution is 5.92. The zero-order chi connectivity index (χ0) is 19.0. The van der Waals surface area contributed by atoms with Crippen LogP contribution in [-0.2, 0) is 4.74 Å². The molecule has 140 valence electrons. The first-order chi connectivity index (χ1) is 13.2. The lowest BCUT2D eigenvalue weighted by Gasteiger charge is -2.36. The number of ether oxygens (including phenoxy) is 2. The van der Waals surface area contributed by atoms with Gasteiger partial charge in [0.25, 0.3) is 0 Å². The fraction of sp³-hybridized carbons (Fsp3) is 0.381. The van der Waals surface area contributed by atoms with Crippen LogP contribution in [0.3, 0.4) is 0 Å². The van der Waals surface area contributed by atoms with Crippen LogP contribution in [-0.4, -0.2) is 19.4 Å². The Morgan fingerprint density at radius 2 is 1.96 bits per heavy atom. The van der Waals surface area contributed by atoms with Crippen molar-refractivity contribution in [2.45, 2.75) is 38.0 Å². The van der Waals surface area contributed by atoms with Crippen LogP contribution < -0.4 is 21.3 Å². The van der Waals surface area contributed by atoms with Gasteiger partial charge in [-0.3, -0.25) is 5.43 Å². The van der Waals surface area contributed by atoms with Crippen molar-refractivity contribution in [1.29, 1.82) is 5.26 Å². The number of nitrogens with one attached hydrogen (secondary N) is 2. The molecule has 0 amide bonds. The summed E-state index contributed by atoms with van der Waals surface area (Å²) in [5, 5.41) is 12.0. The molecule has 0 bridgehead atoms. The first-order valence-electron chi connectivity index (χ1n) is 9.32. The molecule has 2 aromatic carbocycles. The summed E-state index contributed by atoms with van der Waals surface area (Å²) in [4.78, 5) is 0. The van der Waals surface area contributed by atoms with Crippen LogP contribution in [0.2, 0.25) is 0 Å². The van der Waals surface area contributed by atoms with Gasteiger partial charge >= 0.3 is 0 Å². The lowest BCUT2D eigenvalue weighted by Crippen LogP contribution is -2.41. The Bertz CT molecular complexity index is 933. The summed E-state index contributed by atoms with van der Waals surface area (Å²) < 4.78 is 11.4. The molecule has 0 aromatic heterocycles. The van der Waals surface area contributed by atoms with E-state index in [-0.39, 0.29) is 30.0 Å². The zero-order valence-electron chi connectivity index (χ0n) is 15.5. The summed E-state index contributed by atoms with van der Waals surface area (Å²) in [5.41, 5.74) is 14.3. The van der Waals surface area contributed by atoms with E-state index in [1.54, 1.807) is 7.11 Å². The van der Waals surface area contributed by atoms with Gasteiger partial charge in [0.2, 0.25) is 5.88 Å². The number of hydrazine groups is 1. The van der Waals surface area contributed by atoms with Crippen molar-refractivity contribution in [3.05, 3.63) is 53.4 Å². The third-order valence-electron chi connectivity index (χ3n) is 5.63. The molecule has 1 saturated heterocycles. The molecular formula is C21H24N4O2. The van der Waals surface area contributed by atoms with Crippen LogP contribution in [0, 0.1) is 17.2 Å². The molecule has 2 heterocycles. The predicted molar refractivity (Wildman–Crippen MR) is 103 cm³/mol. The van der Waals surface area contributed by atoms with Crippen LogP contribution in [0.25, 0.3) is 10.8 Å². The number of benzene rings is 2. The molecule has 6 nitrogen and oxygen atoms in total. The number of nitrogens with two attached hydrogens (primary N) is 1. The van der Waals surface area contributed by atoms with Gasteiger partial charge in [0.15, 0.2) is 6.23 Å². The molecule has 2 aliphatic heterocycles. The summed E-state index contributed by atoms with van der Waals surface area (Å²) in [7, 11) is 1.67. The summed E-state index contributed by atoms with van der Waals surface area (Å²) in [6, 6.07) is 14.7. The highest BCUT2D eigenvalue weighted by Crippen LogP contribution is 2.46. The standard InChI is InChI=1S/C21H24N4O2/c1-3-6-16-19-18(15(11-22)20(23)27-21(19)25-24-16)14-9-10-17(26-2)13-8-5-4-7-12(13)14/h4-5,7-10,16,18-19,21,24-25H,3,6,23H2,1-2H3. The molecule has 0 spiro atoms. The molecule has 0 saturated carbocycles. The summed E-state index contributed by atoms with van der Waals surface area (Å²) in [6.07, 6.45) is 1.77. The van der Waals surface area contributed by atoms with Gasteiger partial charge in [0, 0.05) is 23.3 Å². The Balaban J connectivity index is 1.93. The fourth-order valence-corrected chi connectivity index (χ4v) is 4.46. The number of fused-ring (bicyclic) bond motifs is 2. The van der Waals surface area contributed by atoms with E-state index < -0.39 is 0 Å². The molecule has 0 aliphatic carbocycles. The van der Waals surface area contributed by atoms with Gasteiger partial charge in [0.1, 0.15) is 11.8 Å². The number of rotatable bonds is 4. The first kappa shape index (κ1) is 17.7. The normalized spacial score (nSPS) is 27.1. The highest BCUT2D eigenvalue weighted by atomic mass is 16.5. The average Bonchev–Trinajstić information content (AvgIpc) is 3.08. The Kier molecular flexibility index (Phi) is 4.65. The van der Waals surface area contributed by atoms with Gasteiger partial charge < -0.3 is 15.2 Å². The van der Waals surface area contributed by atoms with Gasteiger partial charge in [-0.25, -0.2) is 5.43 Å². The largest absolute Gasteiger partial charge is 0.496 e. The fourth-order valence-electron chi connectivity index (χ4n) is 4.46. The highest BCUT2D eigenvalue weighted by Gasteiger charge is 2.48. The Labute approximate surface area is 158 Å². The van der Waals surface area contributed by atoms with Crippen molar-refractivity contribution < 1.29 is 9.47 Å². The summed E-state index contributed by atoms with van der Waals surface area (Å²) in [6.45, 7) is 2.16. The van der Waals surface area contributed by atoms with E-state index in [9.17, 15) is 5.26 Å². The SMILES string of the molecule is CCCC1NNC2OC(N)=C(C#N)C(c3ccc(OC)c4ccccc34)C12. The molecule has 2 aliphatic rings. The minimum atomic E-state index is -0.260. The van der Waals surface area contributed by atoms with E-state index in [2.05, 4.69) is 36.0 Å². The van der Waals surface area contributed by atoms with Crippen molar-refractivity contribution in [3.63, 3.8) is 0 Å². The third kappa shape index (κ3) is 2.80. The van der Waals surface area contributed by atoms with E-state index in [0.717, 1.165) is 34.9 Å². The van der Waals surface area contributed by atoms with Crippen molar-refractivity contribution in [2.75, 3.05) is 7.11 Å². The second kappa shape index (κ2) is 7.10. The lowest BCUT2D eigenvalue weighted by atomic mass is 9.73. The molecule has 1 fully saturated rings. The predicted octanol–water partition coefficient (Wildman–Crippen LogP) is 2.87. The van der Waals surface area contributed by atoms with Crippen molar-refractivity contribution in [1.82, 2.24) is 10.9 Å². The van der Waals surface area contributed by atoms with E-state index in [4.69, 9.17) is 15.2 Å². The van der Waals surface area contributed by atoms with Gasteiger partial charge in [-0.2, -0.15) is 5.26 Å². The first-order valence-corrected chi connectivity index (χ1v) is 9.32. The van der Waals surface area contributed by atoms with Crippen LogP contribution in [0.5, 0.6) is 5.75 Å². The maximum atomic E-state index is 9.87. The van der Waals surface area contributed by atoms with Gasteiger partial charge in [-0.05, 0) is 23.4 Å². The maximum absolute atomic E-state index is 9.87. The van der Waals surface area contributed by atoms with E-state index >= 15 is 0 Å². The van der Waals surface area contributed by atoms with Gasteiger partial charge in [-0.15, -0.1) is 0 Å². The Morgan fingerprint density at radius 3 is 2.67 bits per heavy atom. The third-order valence-corrected chi connectivity index (χ3v) is 5.63. The maximum Gasteiger partial charge on any atom is 0.200 e. The summed E-state index contributed by atoms with van der Waals surface area (Å²) in [5.74, 6) is 0.948. The van der Waals surface area contributed by atoms with Crippen LogP contribution in [0.1, 0.15) is 31.2 Å². The number of nitrogens with zero attached hydrogens (tertiary/aromatic N) is 1. The quantitative estimate of drug-likeness (QED) is 0.773. The molecule has 4 rings (SSSR count). The van der Waals surface area contributed by atoms with Crippen molar-refractivity contribution in [2.24, 2.45) is 11.7 Å². The minimum absolute atomic E-state index is 0.0729. The number of allylic oxidation sites excluding steroid dienone is 1. The smallest absolute Gasteiger partial charge is 0.200 e. The monoisotopic (exact) mass is 364 g/mol. The molecule has 0 radical (unpaired) electrons. The van der Waals surface area contributed by atoms with E-state index in [0.29, 0.717) is 5.57 Å². The van der Waals surface area contributed by atoms with Crippen LogP contribution in [0.4, 0.5) is 0 Å². The molecule has 4 unspecified atom stereocenters. The lowest BCUT2D eigenvalue weighted by molar-refractivity contribution is 0.0339. The molecule has 27 heavy (non-hydrogen) atoms. The molecule has 2 aromatic rings. The zero-order valence-corrected chi connectivity index (χ0v) is 15.5. The van der Waals surface area contributed by atoms with Crippen molar-refractivity contribution in [3.8, 4) is 11.8 Å². The number of hydrogen-bond acceptors (Lipinski definition) is 6. The van der Waals surface area contributed by atoms with Gasteiger partial charge in [0.05, 0.1) is 12.7 Å². The summed E-state index contributed by atoms with van der Waals surface area (Å²) >= 11 is 0. The number of methoxy groups -OCH3 is 1. The Morgan fingerprint density at radius 1 is 1.19 bits per heavy atom. The van der Waals surface area contributed by atoms with Crippen LogP contribution >= 0.6 is 0 Å². The minimum Gasteiger partial charge on any atom is -0.496 e. The van der Waals surface area contributed by atoms with Crippen molar-refractivity contribution >= 4 is 10.8 Å². The molecule has 4 N–H and O–H groups in total. The van der Waals surface area contributed by atoms with Crippen LogP contribution in [0.15, 0.2) is 47.9 Å². The Hall–Kier alpha value is -2.75. The molecular weight excluding hydrogens is 340 g/mol. The average molecular weight is 364 g/mol. The second-order valence-corrected chi connectivity index (χ2v) is 7.07. The van der Waals surface area contributed by atoms with E-state index in [1.807, 2.05) is 24.3 Å².